The zero-order valence-electron chi connectivity index (χ0n) is 23.1. The molecule has 1 aromatic heterocycles. The van der Waals surface area contributed by atoms with Crippen LogP contribution in [0.1, 0.15) is 38.0 Å². The van der Waals surface area contributed by atoms with Crippen molar-refractivity contribution in [1.82, 2.24) is 15.5 Å². The molecule has 0 saturated heterocycles. The van der Waals surface area contributed by atoms with E-state index >= 15 is 0 Å². The van der Waals surface area contributed by atoms with Crippen molar-refractivity contribution >= 4 is 10.8 Å². The number of nitrogens with one attached hydrogen (secondary N) is 2. The summed E-state index contributed by atoms with van der Waals surface area (Å²) in [6, 6.07) is 30.7. The van der Waals surface area contributed by atoms with E-state index < -0.39 is 11.9 Å². The van der Waals surface area contributed by atoms with Crippen molar-refractivity contribution in [2.75, 3.05) is 13.2 Å². The third-order valence-electron chi connectivity index (χ3n) is 7.12. The van der Waals surface area contributed by atoms with Crippen LogP contribution in [-0.2, 0) is 11.2 Å². The number of rotatable bonds is 11. The first kappa shape index (κ1) is 27.5. The molecule has 0 spiro atoms. The number of benzene rings is 4. The van der Waals surface area contributed by atoms with E-state index in [2.05, 4.69) is 82.4 Å². The molecule has 0 amide bonds. The highest BCUT2D eigenvalue weighted by molar-refractivity contribution is 5.83. The van der Waals surface area contributed by atoms with Crippen molar-refractivity contribution < 1.29 is 14.4 Å². The second-order valence-electron chi connectivity index (χ2n) is 10.9. The van der Waals surface area contributed by atoms with Gasteiger partial charge in [0, 0.05) is 17.6 Å². The lowest BCUT2D eigenvalue weighted by Crippen LogP contribution is -2.46. The zero-order chi connectivity index (χ0) is 28.1. The summed E-state index contributed by atoms with van der Waals surface area (Å²) in [6.45, 7) is 6.95. The molecule has 2 atom stereocenters. The second kappa shape index (κ2) is 12.0. The summed E-state index contributed by atoms with van der Waals surface area (Å²) in [7, 11) is 0. The van der Waals surface area contributed by atoms with Gasteiger partial charge >= 0.3 is 5.76 Å². The first-order chi connectivity index (χ1) is 19.3. The SMILES string of the molecule is CC(OC[C@H](O)CNC(C)(C)Cc1ccc2ccccc2c1)c1ccccc1-c1ccc(-c2noc(=O)[nH]2)cc1. The smallest absolute Gasteiger partial charge is 0.389 e. The van der Waals surface area contributed by atoms with Crippen molar-refractivity contribution in [3.05, 3.63) is 113 Å². The predicted octanol–water partition coefficient (Wildman–Crippen LogP) is 5.90. The lowest BCUT2D eigenvalue weighted by Gasteiger charge is -2.28. The van der Waals surface area contributed by atoms with E-state index in [1.54, 1.807) is 0 Å². The Balaban J connectivity index is 1.16. The highest BCUT2D eigenvalue weighted by Gasteiger charge is 2.21. The molecular weight excluding hydrogens is 502 g/mol. The lowest BCUT2D eigenvalue weighted by atomic mass is 9.93. The van der Waals surface area contributed by atoms with E-state index in [0.717, 1.165) is 28.7 Å². The summed E-state index contributed by atoms with van der Waals surface area (Å²) in [6.07, 6.45) is -0.0156. The summed E-state index contributed by atoms with van der Waals surface area (Å²) in [5, 5.41) is 20.4. The van der Waals surface area contributed by atoms with Crippen molar-refractivity contribution in [3.63, 3.8) is 0 Å². The normalized spacial score (nSPS) is 13.4. The minimum Gasteiger partial charge on any atom is -0.389 e. The maximum atomic E-state index is 11.3. The van der Waals surface area contributed by atoms with Gasteiger partial charge in [0.05, 0.1) is 18.8 Å². The Hall–Kier alpha value is -4.04. The topological polar surface area (TPSA) is 100 Å². The molecule has 7 nitrogen and oxygen atoms in total. The molecule has 0 fully saturated rings. The Morgan fingerprint density at radius 3 is 2.40 bits per heavy atom. The minimum atomic E-state index is -0.644. The Morgan fingerprint density at radius 1 is 0.950 bits per heavy atom. The van der Waals surface area contributed by atoms with Gasteiger partial charge in [-0.05, 0) is 60.2 Å². The number of hydrogen-bond donors (Lipinski definition) is 3. The van der Waals surface area contributed by atoms with E-state index in [0.29, 0.717) is 12.4 Å². The van der Waals surface area contributed by atoms with Crippen LogP contribution in [0.4, 0.5) is 0 Å². The van der Waals surface area contributed by atoms with Crippen LogP contribution in [0.2, 0.25) is 0 Å². The molecule has 5 aromatic rings. The summed E-state index contributed by atoms with van der Waals surface area (Å²) >= 11 is 0. The fourth-order valence-corrected chi connectivity index (χ4v) is 5.00. The van der Waals surface area contributed by atoms with E-state index in [-0.39, 0.29) is 18.2 Å². The fourth-order valence-electron chi connectivity index (χ4n) is 5.00. The molecule has 0 aliphatic carbocycles. The molecule has 206 valence electrons. The molecule has 7 heteroatoms. The van der Waals surface area contributed by atoms with Crippen molar-refractivity contribution in [1.29, 1.82) is 0 Å². The van der Waals surface area contributed by atoms with Crippen molar-refractivity contribution in [2.24, 2.45) is 0 Å². The van der Waals surface area contributed by atoms with Crippen LogP contribution >= 0.6 is 0 Å². The van der Waals surface area contributed by atoms with Gasteiger partial charge in [-0.2, -0.15) is 0 Å². The first-order valence-electron chi connectivity index (χ1n) is 13.6. The Bertz CT molecular complexity index is 1620. The Kier molecular flexibility index (Phi) is 8.26. The number of H-pyrrole nitrogens is 1. The summed E-state index contributed by atoms with van der Waals surface area (Å²) < 4.78 is 10.7. The fraction of sp³-hybridized carbons (Fsp3) is 0.273. The third-order valence-corrected chi connectivity index (χ3v) is 7.12. The van der Waals surface area contributed by atoms with Crippen LogP contribution in [0.15, 0.2) is 100 Å². The van der Waals surface area contributed by atoms with Gasteiger partial charge in [0.25, 0.3) is 0 Å². The summed E-state index contributed by atoms with van der Waals surface area (Å²) in [4.78, 5) is 13.8. The molecule has 3 N–H and O–H groups in total. The van der Waals surface area contributed by atoms with Crippen molar-refractivity contribution in [3.8, 4) is 22.5 Å². The number of hydrogen-bond acceptors (Lipinski definition) is 6. The van der Waals surface area contributed by atoms with Crippen molar-refractivity contribution in [2.45, 2.75) is 44.9 Å². The van der Waals surface area contributed by atoms with Crippen LogP contribution in [0.25, 0.3) is 33.3 Å². The van der Waals surface area contributed by atoms with Crippen LogP contribution in [0.5, 0.6) is 0 Å². The highest BCUT2D eigenvalue weighted by atomic mass is 16.5. The van der Waals surface area contributed by atoms with Gasteiger partial charge in [-0.25, -0.2) is 4.79 Å². The number of aliphatic hydroxyl groups excluding tert-OH is 1. The molecule has 4 aromatic carbocycles. The molecular formula is C33H35N3O4. The number of aromatic nitrogens is 2. The standard InChI is InChI=1S/C33H35N3O4/c1-22(29-10-6-7-11-30(29)25-14-16-26(17-15-25)31-35-32(38)40-36-31)39-21-28(37)20-34-33(2,3)19-23-12-13-24-8-4-5-9-27(24)18-23/h4-18,22,28,34,37H,19-21H2,1-3H3,(H,35,36,38)/t22?,28-/m1/s1. The van der Waals surface area contributed by atoms with Crippen LogP contribution < -0.4 is 11.1 Å². The van der Waals surface area contributed by atoms with Gasteiger partial charge in [0.1, 0.15) is 0 Å². The molecule has 0 saturated carbocycles. The average Bonchev–Trinajstić information content (AvgIpc) is 3.41. The Morgan fingerprint density at radius 2 is 1.65 bits per heavy atom. The largest absolute Gasteiger partial charge is 0.439 e. The van der Waals surface area contributed by atoms with Crippen LogP contribution in [0.3, 0.4) is 0 Å². The number of fused-ring (bicyclic) bond motifs is 1. The number of β-amino-alcohol motifs (C(OH)–C–C–N with tert-alkyl or cyclic N) is 1. The van der Waals surface area contributed by atoms with E-state index in [4.69, 9.17) is 4.74 Å². The van der Waals surface area contributed by atoms with Gasteiger partial charge in [-0.3, -0.25) is 9.51 Å². The van der Waals surface area contributed by atoms with Gasteiger partial charge in [0.15, 0.2) is 5.82 Å². The molecule has 0 aliphatic heterocycles. The number of aliphatic hydroxyl groups is 1. The molecule has 0 radical (unpaired) electrons. The maximum Gasteiger partial charge on any atom is 0.439 e. The first-order valence-corrected chi connectivity index (χ1v) is 13.6. The minimum absolute atomic E-state index is 0.188. The second-order valence-corrected chi connectivity index (χ2v) is 10.9. The summed E-state index contributed by atoms with van der Waals surface area (Å²) in [5.74, 6) is -0.189. The van der Waals surface area contributed by atoms with Gasteiger partial charge in [-0.1, -0.05) is 96.2 Å². The zero-order valence-corrected chi connectivity index (χ0v) is 23.1. The maximum absolute atomic E-state index is 11.3. The monoisotopic (exact) mass is 537 g/mol. The van der Waals surface area contributed by atoms with Gasteiger partial charge < -0.3 is 15.2 Å². The predicted molar refractivity (Wildman–Crippen MR) is 158 cm³/mol. The molecule has 1 unspecified atom stereocenters. The highest BCUT2D eigenvalue weighted by Crippen LogP contribution is 2.31. The number of nitrogens with zero attached hydrogens (tertiary/aromatic N) is 1. The van der Waals surface area contributed by atoms with E-state index in [1.807, 2.05) is 49.4 Å². The van der Waals surface area contributed by atoms with E-state index in [9.17, 15) is 9.90 Å². The average molecular weight is 538 g/mol. The summed E-state index contributed by atoms with van der Waals surface area (Å²) in [5.41, 5.74) is 4.91. The van der Waals surface area contributed by atoms with Gasteiger partial charge in [0.2, 0.25) is 0 Å². The van der Waals surface area contributed by atoms with Crippen LogP contribution in [0, 0.1) is 0 Å². The third kappa shape index (κ3) is 6.74. The lowest BCUT2D eigenvalue weighted by molar-refractivity contribution is -0.00397. The molecule has 5 rings (SSSR count). The molecule has 1 heterocycles. The Labute approximate surface area is 233 Å². The van der Waals surface area contributed by atoms with Crippen LogP contribution in [-0.4, -0.2) is 40.0 Å². The number of aromatic amines is 1. The van der Waals surface area contributed by atoms with E-state index in [1.165, 1.54) is 16.3 Å². The molecule has 0 bridgehead atoms. The number of ether oxygens (including phenoxy) is 1. The molecule has 0 aliphatic rings. The quantitative estimate of drug-likeness (QED) is 0.194. The molecule has 40 heavy (non-hydrogen) atoms. The van der Waals surface area contributed by atoms with Gasteiger partial charge in [-0.15, -0.1) is 0 Å².